The Bertz CT molecular complexity index is 1080. The first-order valence-electron chi connectivity index (χ1n) is 14.4. The van der Waals surface area contributed by atoms with Crippen molar-refractivity contribution in [1.29, 1.82) is 0 Å². The van der Waals surface area contributed by atoms with Crippen molar-refractivity contribution < 1.29 is 14.3 Å². The Labute approximate surface area is 221 Å². The molecule has 7 heteroatoms. The highest BCUT2D eigenvalue weighted by Gasteiger charge is 2.31. The van der Waals surface area contributed by atoms with E-state index in [4.69, 9.17) is 4.74 Å². The summed E-state index contributed by atoms with van der Waals surface area (Å²) < 4.78 is 7.76. The van der Waals surface area contributed by atoms with E-state index in [-0.39, 0.29) is 18.0 Å². The van der Waals surface area contributed by atoms with Crippen molar-refractivity contribution in [2.75, 3.05) is 26.2 Å². The first-order valence-corrected chi connectivity index (χ1v) is 14.4. The van der Waals surface area contributed by atoms with E-state index >= 15 is 0 Å². The summed E-state index contributed by atoms with van der Waals surface area (Å²) in [5.74, 6) is 0.165. The summed E-state index contributed by atoms with van der Waals surface area (Å²) >= 11 is 0. The van der Waals surface area contributed by atoms with Crippen molar-refractivity contribution in [3.05, 3.63) is 36.0 Å². The summed E-state index contributed by atoms with van der Waals surface area (Å²) in [6.45, 7) is 9.27. The maximum atomic E-state index is 13.7. The zero-order valence-corrected chi connectivity index (χ0v) is 22.9. The molecule has 5 rings (SSSR count). The van der Waals surface area contributed by atoms with E-state index in [9.17, 15) is 9.59 Å². The van der Waals surface area contributed by atoms with Crippen LogP contribution in [-0.2, 0) is 4.74 Å². The summed E-state index contributed by atoms with van der Waals surface area (Å²) in [4.78, 5) is 30.6. The molecule has 202 valence electrons. The molecule has 0 unspecified atom stereocenters. The minimum absolute atomic E-state index is 0.134. The zero-order valence-electron chi connectivity index (χ0n) is 22.9. The van der Waals surface area contributed by atoms with E-state index in [1.165, 1.54) is 32.1 Å². The van der Waals surface area contributed by atoms with Crippen molar-refractivity contribution in [2.45, 2.75) is 102 Å². The van der Waals surface area contributed by atoms with E-state index in [0.29, 0.717) is 12.1 Å². The minimum atomic E-state index is -0.489. The number of amides is 2. The fraction of sp³-hybridized carbons (Fsp3) is 0.667. The number of fused-ring (bicyclic) bond motifs is 1. The Morgan fingerprint density at radius 3 is 2.22 bits per heavy atom. The number of carbonyl (C=O) groups excluding carboxylic acids is 2. The van der Waals surface area contributed by atoms with Crippen molar-refractivity contribution in [1.82, 2.24) is 19.7 Å². The smallest absolute Gasteiger partial charge is 0.407 e. The van der Waals surface area contributed by atoms with Crippen molar-refractivity contribution in [3.63, 3.8) is 0 Å². The third-order valence-electron chi connectivity index (χ3n) is 8.47. The summed E-state index contributed by atoms with van der Waals surface area (Å²) in [5, 5.41) is 4.10. The van der Waals surface area contributed by atoms with Crippen LogP contribution in [0.1, 0.15) is 95.0 Å². The van der Waals surface area contributed by atoms with Crippen LogP contribution in [-0.4, -0.2) is 70.2 Å². The van der Waals surface area contributed by atoms with Gasteiger partial charge in [-0.25, -0.2) is 4.79 Å². The van der Waals surface area contributed by atoms with Crippen LogP contribution in [0.4, 0.5) is 4.79 Å². The van der Waals surface area contributed by atoms with Gasteiger partial charge in [-0.1, -0.05) is 37.5 Å². The van der Waals surface area contributed by atoms with Crippen LogP contribution in [0.25, 0.3) is 10.9 Å². The average molecular weight is 509 g/mol. The highest BCUT2D eigenvalue weighted by atomic mass is 16.6. The third-order valence-corrected chi connectivity index (χ3v) is 8.47. The Morgan fingerprint density at radius 1 is 0.865 bits per heavy atom. The number of piperazine rings is 1. The van der Waals surface area contributed by atoms with Gasteiger partial charge in [0, 0.05) is 61.4 Å². The van der Waals surface area contributed by atoms with Gasteiger partial charge in [0.05, 0.1) is 5.56 Å². The third kappa shape index (κ3) is 6.14. The first-order chi connectivity index (χ1) is 17.8. The highest BCUT2D eigenvalue weighted by molar-refractivity contribution is 6.07. The topological polar surface area (TPSA) is 66.8 Å². The van der Waals surface area contributed by atoms with Gasteiger partial charge in [-0.3, -0.25) is 9.69 Å². The Morgan fingerprint density at radius 2 is 1.54 bits per heavy atom. The molecule has 3 aliphatic rings. The lowest BCUT2D eigenvalue weighted by Gasteiger charge is -2.40. The lowest BCUT2D eigenvalue weighted by Crippen LogP contribution is -2.52. The molecule has 1 saturated heterocycles. The maximum absolute atomic E-state index is 13.7. The van der Waals surface area contributed by atoms with Gasteiger partial charge in [-0.2, -0.15) is 0 Å². The lowest BCUT2D eigenvalue weighted by molar-refractivity contribution is 0.0486. The molecule has 2 aromatic rings. The minimum Gasteiger partial charge on any atom is -0.444 e. The number of carbonyl (C=O) groups is 2. The molecule has 1 aliphatic heterocycles. The maximum Gasteiger partial charge on any atom is 0.407 e. The van der Waals surface area contributed by atoms with Gasteiger partial charge in [-0.15, -0.1) is 0 Å². The molecule has 1 N–H and O–H groups in total. The molecule has 2 saturated carbocycles. The Kier molecular flexibility index (Phi) is 7.80. The monoisotopic (exact) mass is 508 g/mol. The summed E-state index contributed by atoms with van der Waals surface area (Å²) in [7, 11) is 0. The number of benzene rings is 1. The molecule has 7 nitrogen and oxygen atoms in total. The van der Waals surface area contributed by atoms with Crippen LogP contribution in [0.3, 0.4) is 0 Å². The molecule has 0 spiro atoms. The van der Waals surface area contributed by atoms with Crippen molar-refractivity contribution in [2.24, 2.45) is 0 Å². The number of alkyl carbamates (subject to hydrolysis) is 1. The number of hydrogen-bond acceptors (Lipinski definition) is 4. The van der Waals surface area contributed by atoms with Crippen LogP contribution in [0.15, 0.2) is 30.5 Å². The fourth-order valence-electron chi connectivity index (χ4n) is 6.56. The SMILES string of the molecule is CC(C)(C)OC(=O)NC1CCC(n2cc(C(=O)N3CCN(C4CCCCC4)CC3)c3ccccc32)CC1. The van der Waals surface area contributed by atoms with Crippen LogP contribution < -0.4 is 5.32 Å². The van der Waals surface area contributed by atoms with Crippen LogP contribution in [0, 0.1) is 0 Å². The highest BCUT2D eigenvalue weighted by Crippen LogP contribution is 2.34. The molecule has 2 heterocycles. The number of nitrogens with one attached hydrogen (secondary N) is 1. The average Bonchev–Trinajstić information content (AvgIpc) is 3.28. The van der Waals surface area contributed by atoms with Gasteiger partial charge < -0.3 is 19.5 Å². The van der Waals surface area contributed by atoms with Gasteiger partial charge in [0.2, 0.25) is 0 Å². The van der Waals surface area contributed by atoms with Crippen molar-refractivity contribution in [3.8, 4) is 0 Å². The van der Waals surface area contributed by atoms with Gasteiger partial charge in [-0.05, 0) is 65.4 Å². The van der Waals surface area contributed by atoms with Gasteiger partial charge >= 0.3 is 6.09 Å². The predicted molar refractivity (Wildman–Crippen MR) is 147 cm³/mol. The van der Waals surface area contributed by atoms with E-state index in [1.54, 1.807) is 0 Å². The van der Waals surface area contributed by atoms with E-state index < -0.39 is 5.60 Å². The fourth-order valence-corrected chi connectivity index (χ4v) is 6.56. The second-order valence-corrected chi connectivity index (χ2v) is 12.2. The molecule has 2 amide bonds. The summed E-state index contributed by atoms with van der Waals surface area (Å²) in [6.07, 6.45) is 12.2. The molecule has 1 aromatic carbocycles. The molecule has 2 aliphatic carbocycles. The molecule has 3 fully saturated rings. The number of aromatic nitrogens is 1. The largest absolute Gasteiger partial charge is 0.444 e. The van der Waals surface area contributed by atoms with Gasteiger partial charge in [0.15, 0.2) is 0 Å². The molecule has 37 heavy (non-hydrogen) atoms. The molecule has 0 atom stereocenters. The molecule has 1 aromatic heterocycles. The predicted octanol–water partition coefficient (Wildman–Crippen LogP) is 5.74. The molecular formula is C30H44N4O3. The Hall–Kier alpha value is -2.54. The second-order valence-electron chi connectivity index (χ2n) is 12.2. The van der Waals surface area contributed by atoms with E-state index in [2.05, 4.69) is 44.1 Å². The van der Waals surface area contributed by atoms with E-state index in [1.807, 2.05) is 26.8 Å². The molecular weight excluding hydrogens is 464 g/mol. The molecule has 0 radical (unpaired) electrons. The Balaban J connectivity index is 1.23. The normalized spacial score (nSPS) is 24.2. The van der Waals surface area contributed by atoms with E-state index in [0.717, 1.165) is 68.3 Å². The summed E-state index contributed by atoms with van der Waals surface area (Å²) in [6, 6.07) is 9.50. The first kappa shape index (κ1) is 26.1. The summed E-state index contributed by atoms with van der Waals surface area (Å²) in [5.41, 5.74) is 1.47. The van der Waals surface area contributed by atoms with Crippen LogP contribution >= 0.6 is 0 Å². The zero-order chi connectivity index (χ0) is 26.0. The van der Waals surface area contributed by atoms with Crippen molar-refractivity contribution >= 4 is 22.9 Å². The number of nitrogens with zero attached hydrogens (tertiary/aromatic N) is 3. The quantitative estimate of drug-likeness (QED) is 0.572. The van der Waals surface area contributed by atoms with Crippen LogP contribution in [0.2, 0.25) is 0 Å². The molecule has 0 bridgehead atoms. The van der Waals surface area contributed by atoms with Gasteiger partial charge in [0.25, 0.3) is 5.91 Å². The lowest BCUT2D eigenvalue weighted by atomic mass is 9.91. The second kappa shape index (κ2) is 11.1. The standard InChI is InChI=1S/C30H44N4O3/c1-30(2,3)37-29(36)31-22-13-15-24(16-14-22)34-21-26(25-11-7-8-12-27(25)34)28(35)33-19-17-32(18-20-33)23-9-5-4-6-10-23/h7-8,11-12,21-24H,4-6,9-10,13-20H2,1-3H3,(H,31,36). The number of ether oxygens (including phenoxy) is 1. The number of hydrogen-bond donors (Lipinski definition) is 1. The van der Waals surface area contributed by atoms with Crippen LogP contribution in [0.5, 0.6) is 0 Å². The number of rotatable bonds is 4. The van der Waals surface area contributed by atoms with Gasteiger partial charge in [0.1, 0.15) is 5.60 Å². The number of para-hydroxylation sites is 1.